The highest BCUT2D eigenvalue weighted by molar-refractivity contribution is 5.93. The van der Waals surface area contributed by atoms with Gasteiger partial charge in [0.15, 0.2) is 0 Å². The number of aromatic nitrogens is 1. The average molecular weight is 292 g/mol. The molecule has 6 nitrogen and oxygen atoms in total. The van der Waals surface area contributed by atoms with Crippen LogP contribution in [0.15, 0.2) is 18.3 Å². The number of carbonyl (C=O) groups is 2. The zero-order valence-corrected chi connectivity index (χ0v) is 12.6. The lowest BCUT2D eigenvalue weighted by molar-refractivity contribution is 0.0779. The third-order valence-corrected chi connectivity index (χ3v) is 3.65. The standard InChI is InChI=1S/C15H22N4O2.H2/c1-3-13-6-5-12(11-17-13)14(20)18(2)9-10-19-8-4-7-16-15(19)21;/h5-6,11H,3-4,7-10H2,1-2H3,(H,16,21);1H. The molecule has 1 aliphatic heterocycles. The molecule has 1 aliphatic rings. The predicted octanol–water partition coefficient (Wildman–Crippen LogP) is 1.38. The number of nitrogens with zero attached hydrogens (tertiary/aromatic N) is 3. The van der Waals surface area contributed by atoms with Crippen molar-refractivity contribution in [2.45, 2.75) is 19.8 Å². The van der Waals surface area contributed by atoms with Crippen LogP contribution >= 0.6 is 0 Å². The first-order valence-electron chi connectivity index (χ1n) is 7.35. The van der Waals surface area contributed by atoms with E-state index < -0.39 is 0 Å². The number of carbonyl (C=O) groups excluding carboxylic acids is 2. The Kier molecular flexibility index (Phi) is 5.14. The summed E-state index contributed by atoms with van der Waals surface area (Å²) in [5, 5.41) is 2.80. The van der Waals surface area contributed by atoms with Crippen LogP contribution in [0.1, 0.15) is 30.8 Å². The number of urea groups is 1. The smallest absolute Gasteiger partial charge is 0.317 e. The fourth-order valence-electron chi connectivity index (χ4n) is 2.24. The first-order valence-corrected chi connectivity index (χ1v) is 7.35. The van der Waals surface area contributed by atoms with Crippen molar-refractivity contribution in [1.82, 2.24) is 20.1 Å². The van der Waals surface area contributed by atoms with Crippen molar-refractivity contribution >= 4 is 11.9 Å². The highest BCUT2D eigenvalue weighted by Gasteiger charge is 2.19. The number of likely N-dealkylation sites (N-methyl/N-ethyl adjacent to an activating group) is 1. The van der Waals surface area contributed by atoms with Crippen molar-refractivity contribution < 1.29 is 11.0 Å². The van der Waals surface area contributed by atoms with Crippen LogP contribution in [-0.2, 0) is 6.42 Å². The second-order valence-corrected chi connectivity index (χ2v) is 5.19. The summed E-state index contributed by atoms with van der Waals surface area (Å²) < 4.78 is 0. The zero-order valence-electron chi connectivity index (χ0n) is 12.6. The summed E-state index contributed by atoms with van der Waals surface area (Å²) in [6.45, 7) is 4.58. The first kappa shape index (κ1) is 15.3. The van der Waals surface area contributed by atoms with Crippen LogP contribution in [0.2, 0.25) is 0 Å². The van der Waals surface area contributed by atoms with Crippen LogP contribution in [0.5, 0.6) is 0 Å². The maximum atomic E-state index is 12.3. The lowest BCUT2D eigenvalue weighted by Gasteiger charge is -2.29. The van der Waals surface area contributed by atoms with E-state index in [1.165, 1.54) is 0 Å². The van der Waals surface area contributed by atoms with Crippen LogP contribution in [-0.4, -0.2) is 59.9 Å². The van der Waals surface area contributed by atoms with Gasteiger partial charge in [0.25, 0.3) is 5.91 Å². The van der Waals surface area contributed by atoms with Crippen molar-refractivity contribution in [2.24, 2.45) is 0 Å². The SMILES string of the molecule is CCc1ccc(C(=O)N(C)CCN2CCCNC2=O)cn1.[HH]. The van der Waals surface area contributed by atoms with E-state index in [2.05, 4.69) is 10.3 Å². The molecule has 0 atom stereocenters. The molecule has 0 aromatic carbocycles. The van der Waals surface area contributed by atoms with Gasteiger partial charge in [-0.2, -0.15) is 0 Å². The summed E-state index contributed by atoms with van der Waals surface area (Å²) in [6, 6.07) is 3.63. The fourth-order valence-corrected chi connectivity index (χ4v) is 2.24. The third kappa shape index (κ3) is 3.93. The van der Waals surface area contributed by atoms with Crippen molar-refractivity contribution in [3.8, 4) is 0 Å². The summed E-state index contributed by atoms with van der Waals surface area (Å²) in [5.41, 5.74) is 1.55. The number of amides is 3. The van der Waals surface area contributed by atoms with E-state index in [0.29, 0.717) is 18.7 Å². The minimum Gasteiger partial charge on any atom is -0.340 e. The maximum Gasteiger partial charge on any atom is 0.317 e. The fraction of sp³-hybridized carbons (Fsp3) is 0.533. The van der Waals surface area contributed by atoms with Crippen LogP contribution in [0.4, 0.5) is 4.79 Å². The Balaban J connectivity index is 0.00000242. The number of aryl methyl sites for hydroxylation is 1. The van der Waals surface area contributed by atoms with Crippen molar-refractivity contribution in [3.63, 3.8) is 0 Å². The number of rotatable bonds is 5. The molecule has 2 rings (SSSR count). The molecule has 1 aromatic rings. The monoisotopic (exact) mass is 292 g/mol. The van der Waals surface area contributed by atoms with E-state index in [4.69, 9.17) is 0 Å². The largest absolute Gasteiger partial charge is 0.340 e. The molecular formula is C15H24N4O2. The van der Waals surface area contributed by atoms with E-state index in [9.17, 15) is 9.59 Å². The Labute approximate surface area is 126 Å². The molecule has 1 N–H and O–H groups in total. The summed E-state index contributed by atoms with van der Waals surface area (Å²) in [7, 11) is 1.75. The van der Waals surface area contributed by atoms with Crippen molar-refractivity contribution in [2.75, 3.05) is 33.2 Å². The van der Waals surface area contributed by atoms with E-state index in [1.54, 1.807) is 29.1 Å². The average Bonchev–Trinajstić information content (AvgIpc) is 2.53. The second kappa shape index (κ2) is 7.06. The summed E-state index contributed by atoms with van der Waals surface area (Å²) in [4.78, 5) is 31.5. The maximum absolute atomic E-state index is 12.3. The summed E-state index contributed by atoms with van der Waals surface area (Å²) >= 11 is 0. The van der Waals surface area contributed by atoms with Gasteiger partial charge < -0.3 is 15.1 Å². The van der Waals surface area contributed by atoms with Gasteiger partial charge in [0.1, 0.15) is 0 Å². The minimum absolute atomic E-state index is 0. The van der Waals surface area contributed by atoms with Crippen molar-refractivity contribution in [3.05, 3.63) is 29.6 Å². The highest BCUT2D eigenvalue weighted by Crippen LogP contribution is 2.05. The highest BCUT2D eigenvalue weighted by atomic mass is 16.2. The van der Waals surface area contributed by atoms with Gasteiger partial charge >= 0.3 is 6.03 Å². The van der Waals surface area contributed by atoms with Crippen molar-refractivity contribution in [1.29, 1.82) is 0 Å². The Morgan fingerprint density at radius 3 is 2.95 bits per heavy atom. The zero-order chi connectivity index (χ0) is 15.2. The Morgan fingerprint density at radius 2 is 2.33 bits per heavy atom. The Bertz CT molecular complexity index is 507. The van der Waals surface area contributed by atoms with Gasteiger partial charge in [0, 0.05) is 46.5 Å². The Hall–Kier alpha value is -2.11. The molecule has 0 unspecified atom stereocenters. The number of hydrogen-bond acceptors (Lipinski definition) is 3. The molecule has 1 fully saturated rings. The van der Waals surface area contributed by atoms with E-state index in [-0.39, 0.29) is 13.4 Å². The molecule has 0 aliphatic carbocycles. The quantitative estimate of drug-likeness (QED) is 0.891. The van der Waals surface area contributed by atoms with Gasteiger partial charge in [-0.3, -0.25) is 9.78 Å². The number of pyridine rings is 1. The topological polar surface area (TPSA) is 65.5 Å². The van der Waals surface area contributed by atoms with Gasteiger partial charge in [-0.05, 0) is 25.0 Å². The molecule has 2 heterocycles. The lowest BCUT2D eigenvalue weighted by Crippen LogP contribution is -2.49. The molecule has 0 saturated carbocycles. The van der Waals surface area contributed by atoms with Crippen LogP contribution in [0.25, 0.3) is 0 Å². The molecule has 0 bridgehead atoms. The van der Waals surface area contributed by atoms with E-state index >= 15 is 0 Å². The molecule has 3 amide bonds. The number of hydrogen-bond donors (Lipinski definition) is 1. The van der Waals surface area contributed by atoms with Crippen LogP contribution < -0.4 is 5.32 Å². The molecule has 21 heavy (non-hydrogen) atoms. The second-order valence-electron chi connectivity index (χ2n) is 5.19. The lowest BCUT2D eigenvalue weighted by atomic mass is 10.2. The Morgan fingerprint density at radius 1 is 1.52 bits per heavy atom. The van der Waals surface area contributed by atoms with Gasteiger partial charge in [-0.25, -0.2) is 4.79 Å². The molecule has 0 radical (unpaired) electrons. The minimum atomic E-state index is -0.0671. The van der Waals surface area contributed by atoms with Crippen LogP contribution in [0.3, 0.4) is 0 Å². The summed E-state index contributed by atoms with van der Waals surface area (Å²) in [6.07, 6.45) is 3.42. The summed E-state index contributed by atoms with van der Waals surface area (Å²) in [5.74, 6) is -0.0671. The molecule has 1 saturated heterocycles. The predicted molar refractivity (Wildman–Crippen MR) is 82.3 cm³/mol. The number of nitrogens with one attached hydrogen (secondary N) is 1. The van der Waals surface area contributed by atoms with Gasteiger partial charge in [-0.15, -0.1) is 0 Å². The molecule has 116 valence electrons. The van der Waals surface area contributed by atoms with Gasteiger partial charge in [0.05, 0.1) is 5.56 Å². The van der Waals surface area contributed by atoms with Gasteiger partial charge in [-0.1, -0.05) is 6.92 Å². The molecule has 0 spiro atoms. The third-order valence-electron chi connectivity index (χ3n) is 3.65. The van der Waals surface area contributed by atoms with E-state index in [0.717, 1.165) is 31.6 Å². The molecular weight excluding hydrogens is 268 g/mol. The molecule has 1 aromatic heterocycles. The van der Waals surface area contributed by atoms with Gasteiger partial charge in [0.2, 0.25) is 0 Å². The van der Waals surface area contributed by atoms with Crippen LogP contribution in [0, 0.1) is 0 Å². The normalized spacial score (nSPS) is 14.8. The van der Waals surface area contributed by atoms with E-state index in [1.807, 2.05) is 13.0 Å². The molecule has 6 heteroatoms. The first-order chi connectivity index (χ1) is 10.1.